The molecule has 0 bridgehead atoms. The van der Waals surface area contributed by atoms with Crippen molar-refractivity contribution in [1.29, 1.82) is 0 Å². The van der Waals surface area contributed by atoms with Crippen molar-refractivity contribution in [2.24, 2.45) is 7.05 Å². The minimum Gasteiger partial charge on any atom is -0.280 e. The van der Waals surface area contributed by atoms with E-state index in [1.165, 1.54) is 0 Å². The molecular formula is C23H19N5O2S2. The smallest absolute Gasteiger partial charge is 0.261 e. The number of nitrogens with one attached hydrogen (secondary N) is 1. The Hall–Kier alpha value is -3.56. The number of fused-ring (bicyclic) bond motifs is 1. The van der Waals surface area contributed by atoms with E-state index >= 15 is 0 Å². The third-order valence-electron chi connectivity index (χ3n) is 5.04. The number of rotatable bonds is 5. The SMILES string of the molecule is Cc1ccc(S(=O)(=O)Nc2ccc(-c3ncnc4cc(-c5cnn(C)c5)sc34)cc2)cc1. The Morgan fingerprint density at radius 3 is 2.41 bits per heavy atom. The van der Waals surface area contributed by atoms with Crippen molar-refractivity contribution in [3.63, 3.8) is 0 Å². The summed E-state index contributed by atoms with van der Waals surface area (Å²) in [7, 11) is -1.76. The molecule has 0 aliphatic rings. The second kappa shape index (κ2) is 7.85. The van der Waals surface area contributed by atoms with Gasteiger partial charge in [0.15, 0.2) is 0 Å². The van der Waals surface area contributed by atoms with Crippen LogP contribution in [-0.4, -0.2) is 28.2 Å². The molecule has 3 heterocycles. The third-order valence-corrected chi connectivity index (χ3v) is 7.62. The van der Waals surface area contributed by atoms with Crippen LogP contribution in [-0.2, 0) is 17.1 Å². The summed E-state index contributed by atoms with van der Waals surface area (Å²) in [4.78, 5) is 10.2. The molecule has 0 saturated carbocycles. The number of thiophene rings is 1. The summed E-state index contributed by atoms with van der Waals surface area (Å²) in [5.74, 6) is 0. The molecule has 0 saturated heterocycles. The van der Waals surface area contributed by atoms with Crippen LogP contribution in [0.2, 0.25) is 0 Å². The van der Waals surface area contributed by atoms with Gasteiger partial charge in [-0.2, -0.15) is 5.10 Å². The Morgan fingerprint density at radius 2 is 1.72 bits per heavy atom. The van der Waals surface area contributed by atoms with Crippen molar-refractivity contribution in [1.82, 2.24) is 19.7 Å². The Bertz CT molecular complexity index is 1520. The summed E-state index contributed by atoms with van der Waals surface area (Å²) in [5, 5.41) is 4.24. The second-order valence-electron chi connectivity index (χ2n) is 7.45. The molecule has 160 valence electrons. The molecule has 0 aliphatic heterocycles. The zero-order valence-corrected chi connectivity index (χ0v) is 19.0. The molecule has 2 aromatic carbocycles. The van der Waals surface area contributed by atoms with Gasteiger partial charge < -0.3 is 0 Å². The summed E-state index contributed by atoms with van der Waals surface area (Å²) in [6, 6.07) is 16.0. The predicted octanol–water partition coefficient (Wildman–Crippen LogP) is 4.87. The van der Waals surface area contributed by atoms with Crippen LogP contribution >= 0.6 is 11.3 Å². The Balaban J connectivity index is 1.45. The van der Waals surface area contributed by atoms with Crippen molar-refractivity contribution in [2.45, 2.75) is 11.8 Å². The maximum absolute atomic E-state index is 12.6. The van der Waals surface area contributed by atoms with Gasteiger partial charge in [-0.1, -0.05) is 29.8 Å². The van der Waals surface area contributed by atoms with E-state index in [0.717, 1.165) is 37.5 Å². The van der Waals surface area contributed by atoms with Crippen LogP contribution in [0, 0.1) is 6.92 Å². The molecule has 0 radical (unpaired) electrons. The first-order valence-electron chi connectivity index (χ1n) is 9.82. The maximum Gasteiger partial charge on any atom is 0.261 e. The van der Waals surface area contributed by atoms with Crippen molar-refractivity contribution in [3.05, 3.63) is 78.9 Å². The molecular weight excluding hydrogens is 442 g/mol. The number of sulfonamides is 1. The molecule has 3 aromatic heterocycles. The van der Waals surface area contributed by atoms with E-state index in [-0.39, 0.29) is 4.90 Å². The van der Waals surface area contributed by atoms with Gasteiger partial charge in [0.1, 0.15) is 6.33 Å². The number of aromatic nitrogens is 4. The first kappa shape index (κ1) is 20.3. The van der Waals surface area contributed by atoms with Crippen molar-refractivity contribution < 1.29 is 8.42 Å². The zero-order chi connectivity index (χ0) is 22.3. The van der Waals surface area contributed by atoms with Crippen LogP contribution < -0.4 is 4.72 Å². The highest BCUT2D eigenvalue weighted by molar-refractivity contribution is 7.92. The predicted molar refractivity (Wildman–Crippen MR) is 127 cm³/mol. The highest BCUT2D eigenvalue weighted by Crippen LogP contribution is 2.37. The highest BCUT2D eigenvalue weighted by Gasteiger charge is 2.15. The molecule has 1 N–H and O–H groups in total. The number of hydrogen-bond donors (Lipinski definition) is 1. The Labute approximate surface area is 189 Å². The summed E-state index contributed by atoms with van der Waals surface area (Å²) < 4.78 is 30.7. The molecule has 32 heavy (non-hydrogen) atoms. The summed E-state index contributed by atoms with van der Waals surface area (Å²) in [6.07, 6.45) is 5.34. The summed E-state index contributed by atoms with van der Waals surface area (Å²) >= 11 is 1.61. The topological polar surface area (TPSA) is 89.8 Å². The number of aryl methyl sites for hydroxylation is 2. The summed E-state index contributed by atoms with van der Waals surface area (Å²) in [5.41, 5.74) is 5.08. The highest BCUT2D eigenvalue weighted by atomic mass is 32.2. The average molecular weight is 462 g/mol. The molecule has 0 fully saturated rings. The Kier molecular flexibility index (Phi) is 4.99. The van der Waals surface area contributed by atoms with Gasteiger partial charge in [0.05, 0.1) is 27.0 Å². The van der Waals surface area contributed by atoms with E-state index < -0.39 is 10.0 Å². The minimum absolute atomic E-state index is 0.228. The van der Waals surface area contributed by atoms with Crippen molar-refractivity contribution in [3.8, 4) is 21.7 Å². The van der Waals surface area contributed by atoms with Gasteiger partial charge >= 0.3 is 0 Å². The van der Waals surface area contributed by atoms with E-state index in [9.17, 15) is 8.42 Å². The lowest BCUT2D eigenvalue weighted by Gasteiger charge is -2.09. The average Bonchev–Trinajstić information content (AvgIpc) is 3.40. The fourth-order valence-corrected chi connectivity index (χ4v) is 5.53. The van der Waals surface area contributed by atoms with Crippen LogP contribution in [0.5, 0.6) is 0 Å². The van der Waals surface area contributed by atoms with E-state index in [2.05, 4.69) is 19.8 Å². The lowest BCUT2D eigenvalue weighted by atomic mass is 10.1. The van der Waals surface area contributed by atoms with E-state index in [1.807, 2.05) is 44.6 Å². The van der Waals surface area contributed by atoms with Crippen LogP contribution in [0.3, 0.4) is 0 Å². The standard InChI is InChI=1S/C23H19N5O2S2/c1-15-3-9-19(10-4-15)32(29,30)27-18-7-5-16(6-8-18)22-23-20(24-14-25-22)11-21(31-23)17-12-26-28(2)13-17/h3-14,27H,1-2H3. The summed E-state index contributed by atoms with van der Waals surface area (Å²) in [6.45, 7) is 1.92. The van der Waals surface area contributed by atoms with Crippen molar-refractivity contribution in [2.75, 3.05) is 4.72 Å². The first-order chi connectivity index (χ1) is 15.4. The molecule has 5 rings (SSSR count). The molecule has 0 spiro atoms. The number of anilines is 1. The minimum atomic E-state index is -3.65. The van der Waals surface area contributed by atoms with Gasteiger partial charge in [-0.3, -0.25) is 9.40 Å². The van der Waals surface area contributed by atoms with E-state index in [1.54, 1.807) is 58.7 Å². The van der Waals surface area contributed by atoms with Gasteiger partial charge in [0.2, 0.25) is 0 Å². The maximum atomic E-state index is 12.6. The quantitative estimate of drug-likeness (QED) is 0.403. The lowest BCUT2D eigenvalue weighted by Crippen LogP contribution is -2.12. The molecule has 0 aliphatic carbocycles. The molecule has 0 atom stereocenters. The fraction of sp³-hybridized carbons (Fsp3) is 0.0870. The van der Waals surface area contributed by atoms with Gasteiger partial charge in [-0.15, -0.1) is 11.3 Å². The largest absolute Gasteiger partial charge is 0.280 e. The molecule has 0 unspecified atom stereocenters. The third kappa shape index (κ3) is 3.88. The van der Waals surface area contributed by atoms with Crippen LogP contribution in [0.1, 0.15) is 5.56 Å². The molecule has 9 heteroatoms. The van der Waals surface area contributed by atoms with Crippen molar-refractivity contribution >= 4 is 37.3 Å². The van der Waals surface area contributed by atoms with E-state index in [0.29, 0.717) is 5.69 Å². The zero-order valence-electron chi connectivity index (χ0n) is 17.4. The number of nitrogens with zero attached hydrogens (tertiary/aromatic N) is 4. The number of hydrogen-bond acceptors (Lipinski definition) is 6. The van der Waals surface area contributed by atoms with E-state index in [4.69, 9.17) is 0 Å². The lowest BCUT2D eigenvalue weighted by molar-refractivity contribution is 0.601. The van der Waals surface area contributed by atoms with Gasteiger partial charge in [-0.05, 0) is 37.3 Å². The van der Waals surface area contributed by atoms with Gasteiger partial charge in [-0.25, -0.2) is 18.4 Å². The Morgan fingerprint density at radius 1 is 0.969 bits per heavy atom. The number of benzene rings is 2. The normalized spacial score (nSPS) is 11.7. The monoisotopic (exact) mass is 461 g/mol. The molecule has 5 aromatic rings. The van der Waals surface area contributed by atoms with Gasteiger partial charge in [0.25, 0.3) is 10.0 Å². The molecule has 7 nitrogen and oxygen atoms in total. The van der Waals surface area contributed by atoms with Crippen LogP contribution in [0.25, 0.3) is 31.9 Å². The molecule has 0 amide bonds. The second-order valence-corrected chi connectivity index (χ2v) is 10.2. The van der Waals surface area contributed by atoms with Crippen LogP contribution in [0.4, 0.5) is 5.69 Å². The van der Waals surface area contributed by atoms with Crippen LogP contribution in [0.15, 0.2) is 78.2 Å². The first-order valence-corrected chi connectivity index (χ1v) is 12.1. The fourth-order valence-electron chi connectivity index (χ4n) is 3.38. The van der Waals surface area contributed by atoms with Gasteiger partial charge in [0, 0.05) is 34.9 Å².